The predicted molar refractivity (Wildman–Crippen MR) is 53.3 cm³/mol. The molecule has 0 bridgehead atoms. The fourth-order valence-electron chi connectivity index (χ4n) is 1.51. The highest BCUT2D eigenvalue weighted by Crippen LogP contribution is 2.24. The van der Waals surface area contributed by atoms with Gasteiger partial charge in [-0.1, -0.05) is 44.7 Å². The van der Waals surface area contributed by atoms with Crippen molar-refractivity contribution in [2.75, 3.05) is 0 Å². The second-order valence-electron chi connectivity index (χ2n) is 3.80. The molecule has 0 fully saturated rings. The molecule has 72 valence electrons. The molecule has 2 nitrogen and oxygen atoms in total. The van der Waals surface area contributed by atoms with Gasteiger partial charge in [-0.15, -0.1) is 0 Å². The van der Waals surface area contributed by atoms with Gasteiger partial charge in [-0.3, -0.25) is 0 Å². The second-order valence-corrected chi connectivity index (χ2v) is 3.80. The lowest BCUT2D eigenvalue weighted by atomic mass is 9.91. The van der Waals surface area contributed by atoms with Crippen LogP contribution < -0.4 is 0 Å². The van der Waals surface area contributed by atoms with Crippen molar-refractivity contribution in [3.05, 3.63) is 4.91 Å². The number of nitrogens with zero attached hydrogens (tertiary/aromatic N) is 1. The van der Waals surface area contributed by atoms with E-state index >= 15 is 0 Å². The maximum absolute atomic E-state index is 10.6. The molecule has 0 saturated carbocycles. The molecule has 0 aromatic rings. The molecule has 0 aromatic carbocycles. The zero-order valence-corrected chi connectivity index (χ0v) is 8.60. The first kappa shape index (κ1) is 11.6. The van der Waals surface area contributed by atoms with Crippen molar-refractivity contribution in [1.29, 1.82) is 0 Å². The first-order chi connectivity index (χ1) is 5.68. The van der Waals surface area contributed by atoms with Crippen molar-refractivity contribution < 1.29 is 0 Å². The lowest BCUT2D eigenvalue weighted by Gasteiger charge is -2.19. The van der Waals surface area contributed by atoms with Gasteiger partial charge in [0, 0.05) is 0 Å². The van der Waals surface area contributed by atoms with E-state index in [2.05, 4.69) is 19.0 Å². The zero-order chi connectivity index (χ0) is 9.45. The van der Waals surface area contributed by atoms with Gasteiger partial charge in [0.2, 0.25) is 0 Å². The molecular formula is C10H21NO. The highest BCUT2D eigenvalue weighted by atomic mass is 16.3. The number of rotatable bonds is 7. The number of nitroso groups, excluding NO2 is 1. The molecule has 0 aliphatic rings. The van der Waals surface area contributed by atoms with Crippen LogP contribution >= 0.6 is 0 Å². The van der Waals surface area contributed by atoms with Crippen LogP contribution in [-0.2, 0) is 0 Å². The van der Waals surface area contributed by atoms with E-state index < -0.39 is 0 Å². The molecule has 12 heavy (non-hydrogen) atoms. The summed E-state index contributed by atoms with van der Waals surface area (Å²) in [6, 6.07) is 0. The van der Waals surface area contributed by atoms with Gasteiger partial charge in [-0.25, -0.2) is 0 Å². The highest BCUT2D eigenvalue weighted by molar-refractivity contribution is 4.81. The molecular weight excluding hydrogens is 150 g/mol. The van der Waals surface area contributed by atoms with Crippen LogP contribution in [0.25, 0.3) is 0 Å². The third kappa shape index (κ3) is 4.47. The van der Waals surface area contributed by atoms with E-state index in [1.54, 1.807) is 0 Å². The van der Waals surface area contributed by atoms with Crippen molar-refractivity contribution >= 4 is 0 Å². The minimum atomic E-state index is -0.288. The lowest BCUT2D eigenvalue weighted by molar-refractivity contribution is 0.380. The van der Waals surface area contributed by atoms with E-state index in [0.717, 1.165) is 25.7 Å². The maximum Gasteiger partial charge on any atom is 0.0998 e. The van der Waals surface area contributed by atoms with E-state index in [-0.39, 0.29) is 5.54 Å². The molecule has 0 N–H and O–H groups in total. The van der Waals surface area contributed by atoms with E-state index in [4.69, 9.17) is 0 Å². The van der Waals surface area contributed by atoms with Crippen molar-refractivity contribution in [2.45, 2.75) is 64.8 Å². The van der Waals surface area contributed by atoms with Gasteiger partial charge in [0.1, 0.15) is 0 Å². The third-order valence-electron chi connectivity index (χ3n) is 2.33. The Balaban J connectivity index is 3.71. The molecule has 1 atom stereocenters. The van der Waals surface area contributed by atoms with Crippen LogP contribution in [0.4, 0.5) is 0 Å². The summed E-state index contributed by atoms with van der Waals surface area (Å²) in [5.74, 6) is 0. The van der Waals surface area contributed by atoms with E-state index in [1.807, 2.05) is 6.92 Å². The molecule has 0 aromatic heterocycles. The predicted octanol–water partition coefficient (Wildman–Crippen LogP) is 3.89. The van der Waals surface area contributed by atoms with Gasteiger partial charge in [-0.05, 0) is 19.8 Å². The monoisotopic (exact) mass is 171 g/mol. The molecule has 0 heterocycles. The largest absolute Gasteiger partial charge is 0.150 e. The Morgan fingerprint density at radius 1 is 1.08 bits per heavy atom. The Bertz CT molecular complexity index is 125. The minimum Gasteiger partial charge on any atom is -0.150 e. The van der Waals surface area contributed by atoms with Gasteiger partial charge in [0.05, 0.1) is 5.54 Å². The summed E-state index contributed by atoms with van der Waals surface area (Å²) >= 11 is 0. The normalized spacial score (nSPS) is 15.6. The van der Waals surface area contributed by atoms with Crippen LogP contribution in [0, 0.1) is 4.91 Å². The standard InChI is InChI=1S/C10H21NO/c1-4-6-7-9-10(3,11-12)8-5-2/h4-9H2,1-3H3. The van der Waals surface area contributed by atoms with E-state index in [9.17, 15) is 4.91 Å². The summed E-state index contributed by atoms with van der Waals surface area (Å²) in [5, 5.41) is 3.23. The number of hydrogen-bond acceptors (Lipinski definition) is 2. The average molecular weight is 171 g/mol. The van der Waals surface area contributed by atoms with Crippen molar-refractivity contribution in [3.8, 4) is 0 Å². The first-order valence-corrected chi connectivity index (χ1v) is 5.03. The van der Waals surface area contributed by atoms with Crippen LogP contribution in [0.1, 0.15) is 59.3 Å². The van der Waals surface area contributed by atoms with Gasteiger partial charge in [0.25, 0.3) is 0 Å². The van der Waals surface area contributed by atoms with E-state index in [0.29, 0.717) is 0 Å². The molecule has 0 amide bonds. The topological polar surface area (TPSA) is 29.4 Å². The van der Waals surface area contributed by atoms with Crippen LogP contribution in [0.15, 0.2) is 5.18 Å². The SMILES string of the molecule is CCCCCC(C)(CCC)N=O. The second kappa shape index (κ2) is 6.15. The fourth-order valence-corrected chi connectivity index (χ4v) is 1.51. The number of hydrogen-bond donors (Lipinski definition) is 0. The molecule has 0 aliphatic heterocycles. The Kier molecular flexibility index (Phi) is 5.95. The Morgan fingerprint density at radius 3 is 2.17 bits per heavy atom. The van der Waals surface area contributed by atoms with E-state index in [1.165, 1.54) is 12.8 Å². The maximum atomic E-state index is 10.6. The zero-order valence-electron chi connectivity index (χ0n) is 8.60. The molecule has 0 saturated heterocycles. The summed E-state index contributed by atoms with van der Waals surface area (Å²) in [6.07, 6.45) is 6.50. The Labute approximate surface area is 75.7 Å². The summed E-state index contributed by atoms with van der Waals surface area (Å²) < 4.78 is 0. The highest BCUT2D eigenvalue weighted by Gasteiger charge is 2.22. The summed E-state index contributed by atoms with van der Waals surface area (Å²) in [5.41, 5.74) is -0.288. The van der Waals surface area contributed by atoms with Crippen LogP contribution in [0.3, 0.4) is 0 Å². The van der Waals surface area contributed by atoms with Crippen molar-refractivity contribution in [1.82, 2.24) is 0 Å². The van der Waals surface area contributed by atoms with Crippen LogP contribution in [0.2, 0.25) is 0 Å². The van der Waals surface area contributed by atoms with Crippen LogP contribution in [-0.4, -0.2) is 5.54 Å². The molecule has 0 aliphatic carbocycles. The van der Waals surface area contributed by atoms with Crippen molar-refractivity contribution in [2.24, 2.45) is 5.18 Å². The smallest absolute Gasteiger partial charge is 0.0998 e. The average Bonchev–Trinajstić information content (AvgIpc) is 2.06. The lowest BCUT2D eigenvalue weighted by Crippen LogP contribution is -2.20. The van der Waals surface area contributed by atoms with Gasteiger partial charge < -0.3 is 0 Å². The summed E-state index contributed by atoms with van der Waals surface area (Å²) in [4.78, 5) is 10.6. The van der Waals surface area contributed by atoms with Gasteiger partial charge in [-0.2, -0.15) is 4.91 Å². The fraction of sp³-hybridized carbons (Fsp3) is 1.00. The minimum absolute atomic E-state index is 0.288. The molecule has 0 spiro atoms. The van der Waals surface area contributed by atoms with Crippen molar-refractivity contribution in [3.63, 3.8) is 0 Å². The molecule has 1 unspecified atom stereocenters. The van der Waals surface area contributed by atoms with Gasteiger partial charge >= 0.3 is 0 Å². The molecule has 2 heteroatoms. The Morgan fingerprint density at radius 2 is 1.75 bits per heavy atom. The van der Waals surface area contributed by atoms with Gasteiger partial charge in [0.15, 0.2) is 0 Å². The third-order valence-corrected chi connectivity index (χ3v) is 2.33. The summed E-state index contributed by atoms with van der Waals surface area (Å²) in [7, 11) is 0. The summed E-state index contributed by atoms with van der Waals surface area (Å²) in [6.45, 7) is 6.24. The quantitative estimate of drug-likeness (QED) is 0.422. The molecule has 0 rings (SSSR count). The number of unbranched alkanes of at least 4 members (excludes halogenated alkanes) is 2. The Hall–Kier alpha value is -0.400. The van der Waals surface area contributed by atoms with Crippen LogP contribution in [0.5, 0.6) is 0 Å². The first-order valence-electron chi connectivity index (χ1n) is 5.03. The molecule has 0 radical (unpaired) electrons.